The molecule has 0 amide bonds. The van der Waals surface area contributed by atoms with E-state index < -0.39 is 0 Å². The molecule has 0 unspecified atom stereocenters. The third kappa shape index (κ3) is 3.12. The lowest BCUT2D eigenvalue weighted by Gasteiger charge is -2.38. The Morgan fingerprint density at radius 3 is 2.67 bits per heavy atom. The van der Waals surface area contributed by atoms with Crippen molar-refractivity contribution >= 4 is 21.8 Å². The molecule has 0 aliphatic carbocycles. The van der Waals surface area contributed by atoms with Crippen LogP contribution in [-0.2, 0) is 6.54 Å². The molecule has 0 bridgehead atoms. The Hall–Kier alpha value is -0.870. The summed E-state index contributed by atoms with van der Waals surface area (Å²) < 4.78 is 1.13. The zero-order chi connectivity index (χ0) is 13.2. The van der Waals surface area contributed by atoms with Gasteiger partial charge in [-0.25, -0.2) is 0 Å². The van der Waals surface area contributed by atoms with Crippen molar-refractivity contribution < 1.29 is 0 Å². The summed E-state index contributed by atoms with van der Waals surface area (Å²) in [5.41, 5.74) is 6.92. The number of nitrogens with two attached hydrogens (primary N) is 1. The molecule has 3 N–H and O–H groups in total. The highest BCUT2D eigenvalue weighted by atomic mass is 79.9. The van der Waals surface area contributed by atoms with Gasteiger partial charge >= 0.3 is 0 Å². The van der Waals surface area contributed by atoms with Crippen LogP contribution in [0.1, 0.15) is 25.3 Å². The van der Waals surface area contributed by atoms with Gasteiger partial charge < -0.3 is 5.73 Å². The number of rotatable bonds is 3. The molecule has 0 saturated carbocycles. The zero-order valence-corrected chi connectivity index (χ0v) is 12.3. The molecule has 1 aliphatic heterocycles. The van der Waals surface area contributed by atoms with E-state index in [1.165, 1.54) is 5.56 Å². The van der Waals surface area contributed by atoms with E-state index >= 15 is 0 Å². The molecule has 1 aromatic carbocycles. The first-order chi connectivity index (χ1) is 8.49. The van der Waals surface area contributed by atoms with E-state index in [1.807, 2.05) is 6.07 Å². The number of amidine groups is 1. The molecule has 98 valence electrons. The highest BCUT2D eigenvalue weighted by Crippen LogP contribution is 2.31. The van der Waals surface area contributed by atoms with Crippen LogP contribution in [0.15, 0.2) is 28.7 Å². The number of nitrogens with zero attached hydrogens (tertiary/aromatic N) is 1. The monoisotopic (exact) mass is 309 g/mol. The fraction of sp³-hybridized carbons (Fsp3) is 0.500. The van der Waals surface area contributed by atoms with Crippen molar-refractivity contribution in [1.29, 1.82) is 5.41 Å². The molecule has 0 radical (unpaired) electrons. The maximum absolute atomic E-state index is 7.65. The van der Waals surface area contributed by atoms with Gasteiger partial charge in [-0.2, -0.15) is 0 Å². The highest BCUT2D eigenvalue weighted by molar-refractivity contribution is 9.10. The molecule has 1 aliphatic rings. The molecule has 1 aromatic rings. The Morgan fingerprint density at radius 2 is 2.11 bits per heavy atom. The topological polar surface area (TPSA) is 53.1 Å². The van der Waals surface area contributed by atoms with Crippen molar-refractivity contribution in [2.24, 2.45) is 11.1 Å². The normalized spacial score (nSPS) is 19.7. The van der Waals surface area contributed by atoms with Crippen molar-refractivity contribution in [3.05, 3.63) is 34.3 Å². The Balaban J connectivity index is 1.93. The zero-order valence-electron chi connectivity index (χ0n) is 10.7. The van der Waals surface area contributed by atoms with Crippen LogP contribution < -0.4 is 5.73 Å². The van der Waals surface area contributed by atoms with Crippen molar-refractivity contribution in [1.82, 2.24) is 4.90 Å². The molecule has 2 rings (SSSR count). The Kier molecular flexibility index (Phi) is 4.07. The van der Waals surface area contributed by atoms with Crippen LogP contribution >= 0.6 is 15.9 Å². The Bertz CT molecular complexity index is 436. The lowest BCUT2D eigenvalue weighted by molar-refractivity contribution is 0.156. The SMILES string of the molecule is CC1(C(=N)N)CCN(Cc2cccc(Br)c2)CC1. The predicted octanol–water partition coefficient (Wildman–Crippen LogP) is 2.99. The second kappa shape index (κ2) is 5.41. The molecule has 0 atom stereocenters. The summed E-state index contributed by atoms with van der Waals surface area (Å²) in [7, 11) is 0. The number of nitrogens with one attached hydrogen (secondary N) is 1. The van der Waals surface area contributed by atoms with Gasteiger partial charge in [-0.3, -0.25) is 10.3 Å². The summed E-state index contributed by atoms with van der Waals surface area (Å²) >= 11 is 3.50. The molecular weight excluding hydrogens is 290 g/mol. The largest absolute Gasteiger partial charge is 0.387 e. The van der Waals surface area contributed by atoms with E-state index in [9.17, 15) is 0 Å². The van der Waals surface area contributed by atoms with E-state index in [-0.39, 0.29) is 5.41 Å². The van der Waals surface area contributed by atoms with Gasteiger partial charge in [0.25, 0.3) is 0 Å². The van der Waals surface area contributed by atoms with Crippen LogP contribution in [0.3, 0.4) is 0 Å². The second-order valence-electron chi connectivity index (χ2n) is 5.38. The Morgan fingerprint density at radius 1 is 1.44 bits per heavy atom. The van der Waals surface area contributed by atoms with Crippen LogP contribution in [0, 0.1) is 10.8 Å². The van der Waals surface area contributed by atoms with Gasteiger partial charge in [0.15, 0.2) is 0 Å². The van der Waals surface area contributed by atoms with E-state index in [4.69, 9.17) is 11.1 Å². The molecule has 1 heterocycles. The van der Waals surface area contributed by atoms with Gasteiger partial charge in [-0.1, -0.05) is 35.0 Å². The minimum atomic E-state index is -0.0895. The number of hydrogen-bond donors (Lipinski definition) is 2. The smallest absolute Gasteiger partial charge is 0.0966 e. The number of likely N-dealkylation sites (tertiary alicyclic amines) is 1. The van der Waals surface area contributed by atoms with E-state index in [2.05, 4.69) is 46.0 Å². The lowest BCUT2D eigenvalue weighted by Crippen LogP contribution is -2.44. The highest BCUT2D eigenvalue weighted by Gasteiger charge is 2.32. The van der Waals surface area contributed by atoms with E-state index in [0.29, 0.717) is 5.84 Å². The summed E-state index contributed by atoms with van der Waals surface area (Å²) in [5.74, 6) is 0.338. The molecule has 0 spiro atoms. The van der Waals surface area contributed by atoms with E-state index in [0.717, 1.165) is 36.9 Å². The molecule has 1 fully saturated rings. The van der Waals surface area contributed by atoms with Crippen LogP contribution in [0.25, 0.3) is 0 Å². The van der Waals surface area contributed by atoms with Crippen molar-refractivity contribution in [2.45, 2.75) is 26.3 Å². The maximum Gasteiger partial charge on any atom is 0.0966 e. The summed E-state index contributed by atoms with van der Waals surface area (Å²) in [6.07, 6.45) is 1.96. The third-order valence-electron chi connectivity index (χ3n) is 3.91. The van der Waals surface area contributed by atoms with Crippen molar-refractivity contribution in [2.75, 3.05) is 13.1 Å². The molecule has 1 saturated heterocycles. The standard InChI is InChI=1S/C14H20BrN3/c1-14(13(16)17)5-7-18(8-6-14)10-11-3-2-4-12(15)9-11/h2-4,9H,5-8,10H2,1H3,(H3,16,17). The van der Waals surface area contributed by atoms with Crippen LogP contribution in [0.4, 0.5) is 0 Å². The predicted molar refractivity (Wildman–Crippen MR) is 78.7 cm³/mol. The average Bonchev–Trinajstić information content (AvgIpc) is 2.32. The summed E-state index contributed by atoms with van der Waals surface area (Å²) in [6.45, 7) is 5.12. The Labute approximate surface area is 117 Å². The number of benzene rings is 1. The molecular formula is C14H20BrN3. The van der Waals surface area contributed by atoms with Gasteiger partial charge in [0, 0.05) is 16.4 Å². The fourth-order valence-electron chi connectivity index (χ4n) is 2.37. The van der Waals surface area contributed by atoms with Gasteiger partial charge in [0.05, 0.1) is 5.84 Å². The second-order valence-corrected chi connectivity index (χ2v) is 6.30. The average molecular weight is 310 g/mol. The summed E-state index contributed by atoms with van der Waals surface area (Å²) in [6, 6.07) is 8.44. The molecule has 4 heteroatoms. The van der Waals surface area contributed by atoms with Crippen LogP contribution in [-0.4, -0.2) is 23.8 Å². The van der Waals surface area contributed by atoms with Gasteiger partial charge in [0.2, 0.25) is 0 Å². The quantitative estimate of drug-likeness (QED) is 0.666. The molecule has 0 aromatic heterocycles. The maximum atomic E-state index is 7.65. The minimum Gasteiger partial charge on any atom is -0.387 e. The first-order valence-corrected chi connectivity index (χ1v) is 7.10. The first kappa shape index (κ1) is 13.6. The van der Waals surface area contributed by atoms with Crippen LogP contribution in [0.2, 0.25) is 0 Å². The van der Waals surface area contributed by atoms with Gasteiger partial charge in [0.1, 0.15) is 0 Å². The minimum absolute atomic E-state index is 0.0895. The first-order valence-electron chi connectivity index (χ1n) is 6.31. The van der Waals surface area contributed by atoms with E-state index in [1.54, 1.807) is 0 Å². The van der Waals surface area contributed by atoms with Crippen molar-refractivity contribution in [3.63, 3.8) is 0 Å². The van der Waals surface area contributed by atoms with Gasteiger partial charge in [-0.05, 0) is 43.6 Å². The van der Waals surface area contributed by atoms with Gasteiger partial charge in [-0.15, -0.1) is 0 Å². The summed E-state index contributed by atoms with van der Waals surface area (Å²) in [4.78, 5) is 2.44. The number of piperidine rings is 1. The molecule has 18 heavy (non-hydrogen) atoms. The molecule has 3 nitrogen and oxygen atoms in total. The van der Waals surface area contributed by atoms with Crippen LogP contribution in [0.5, 0.6) is 0 Å². The lowest BCUT2D eigenvalue weighted by atomic mass is 9.79. The van der Waals surface area contributed by atoms with Crippen molar-refractivity contribution in [3.8, 4) is 0 Å². The summed E-state index contributed by atoms with van der Waals surface area (Å²) in [5, 5.41) is 7.65. The number of hydrogen-bond acceptors (Lipinski definition) is 2. The fourth-order valence-corrected chi connectivity index (χ4v) is 2.81. The third-order valence-corrected chi connectivity index (χ3v) is 4.40. The number of halogens is 1.